The monoisotopic (exact) mass is 322 g/mol. The third-order valence-electron chi connectivity index (χ3n) is 4.34. The smallest absolute Gasteiger partial charge is 0.259 e. The zero-order valence-corrected chi connectivity index (χ0v) is 13.6. The predicted octanol–water partition coefficient (Wildman–Crippen LogP) is 2.18. The molecule has 24 heavy (non-hydrogen) atoms. The van der Waals surface area contributed by atoms with Crippen molar-refractivity contribution in [2.45, 2.75) is 0 Å². The molecule has 2 heterocycles. The molecule has 0 aliphatic carbocycles. The number of nitrogens with one attached hydrogen (secondary N) is 3. The van der Waals surface area contributed by atoms with Crippen molar-refractivity contribution in [2.24, 2.45) is 0 Å². The van der Waals surface area contributed by atoms with Gasteiger partial charge in [-0.3, -0.25) is 14.9 Å². The summed E-state index contributed by atoms with van der Waals surface area (Å²) in [4.78, 5) is 29.1. The number of rotatable bonds is 4. The van der Waals surface area contributed by atoms with Crippen LogP contribution >= 0.6 is 0 Å². The SMILES string of the molecule is CN(C)CCNc1ccc2[nH]c3cc4c(cc3c2c1)C(=O)NC4=O. The number of benzene rings is 2. The number of fused-ring (bicyclic) bond motifs is 4. The fourth-order valence-corrected chi connectivity index (χ4v) is 3.09. The summed E-state index contributed by atoms with van der Waals surface area (Å²) in [7, 11) is 4.08. The molecule has 0 fully saturated rings. The highest BCUT2D eigenvalue weighted by atomic mass is 16.2. The van der Waals surface area contributed by atoms with E-state index in [4.69, 9.17) is 0 Å². The highest BCUT2D eigenvalue weighted by Crippen LogP contribution is 2.31. The Morgan fingerprint density at radius 3 is 2.42 bits per heavy atom. The van der Waals surface area contributed by atoms with E-state index in [-0.39, 0.29) is 11.8 Å². The zero-order chi connectivity index (χ0) is 16.8. The predicted molar refractivity (Wildman–Crippen MR) is 94.6 cm³/mol. The van der Waals surface area contributed by atoms with Crippen molar-refractivity contribution in [3.63, 3.8) is 0 Å². The molecule has 6 nitrogen and oxygen atoms in total. The van der Waals surface area contributed by atoms with E-state index in [0.717, 1.165) is 40.6 Å². The summed E-state index contributed by atoms with van der Waals surface area (Å²) in [5, 5.41) is 7.72. The van der Waals surface area contributed by atoms with Crippen LogP contribution in [0, 0.1) is 0 Å². The van der Waals surface area contributed by atoms with Crippen LogP contribution in [-0.2, 0) is 0 Å². The Morgan fingerprint density at radius 2 is 1.67 bits per heavy atom. The van der Waals surface area contributed by atoms with Crippen LogP contribution in [0.1, 0.15) is 20.7 Å². The Balaban J connectivity index is 1.78. The summed E-state index contributed by atoms with van der Waals surface area (Å²) >= 11 is 0. The van der Waals surface area contributed by atoms with Crippen molar-refractivity contribution >= 4 is 39.3 Å². The van der Waals surface area contributed by atoms with Crippen molar-refractivity contribution in [2.75, 3.05) is 32.5 Å². The summed E-state index contributed by atoms with van der Waals surface area (Å²) in [6, 6.07) is 9.67. The maximum Gasteiger partial charge on any atom is 0.259 e. The number of amides is 2. The number of H-pyrrole nitrogens is 1. The van der Waals surface area contributed by atoms with Gasteiger partial charge in [0.25, 0.3) is 11.8 Å². The largest absolute Gasteiger partial charge is 0.384 e. The van der Waals surface area contributed by atoms with E-state index in [0.29, 0.717) is 11.1 Å². The third-order valence-corrected chi connectivity index (χ3v) is 4.34. The molecule has 3 N–H and O–H groups in total. The average Bonchev–Trinajstić information content (AvgIpc) is 3.03. The maximum atomic E-state index is 11.9. The maximum absolute atomic E-state index is 11.9. The van der Waals surface area contributed by atoms with Gasteiger partial charge in [-0.15, -0.1) is 0 Å². The fourth-order valence-electron chi connectivity index (χ4n) is 3.09. The number of aromatic nitrogens is 1. The Kier molecular flexibility index (Phi) is 3.28. The molecule has 2 amide bonds. The second-order valence-corrected chi connectivity index (χ2v) is 6.34. The van der Waals surface area contributed by atoms with Crippen LogP contribution in [0.4, 0.5) is 5.69 Å². The molecule has 0 atom stereocenters. The number of nitrogens with zero attached hydrogens (tertiary/aromatic N) is 1. The van der Waals surface area contributed by atoms with Crippen molar-refractivity contribution in [1.82, 2.24) is 15.2 Å². The molecule has 0 saturated carbocycles. The number of hydrogen-bond donors (Lipinski definition) is 3. The minimum absolute atomic E-state index is 0.327. The Bertz CT molecular complexity index is 988. The third kappa shape index (κ3) is 2.32. The fraction of sp³-hybridized carbons (Fsp3) is 0.222. The molecule has 122 valence electrons. The van der Waals surface area contributed by atoms with E-state index >= 15 is 0 Å². The van der Waals surface area contributed by atoms with Gasteiger partial charge in [-0.2, -0.15) is 0 Å². The lowest BCUT2D eigenvalue weighted by molar-refractivity contribution is 0.0879. The molecule has 4 rings (SSSR count). The number of carbonyl (C=O) groups is 2. The molecule has 0 spiro atoms. The van der Waals surface area contributed by atoms with Crippen LogP contribution in [0.3, 0.4) is 0 Å². The number of anilines is 1. The summed E-state index contributed by atoms with van der Waals surface area (Å²) in [5.41, 5.74) is 3.76. The molecule has 6 heteroatoms. The van der Waals surface area contributed by atoms with Crippen molar-refractivity contribution in [3.8, 4) is 0 Å². The van der Waals surface area contributed by atoms with Gasteiger partial charge in [0.05, 0.1) is 11.1 Å². The average molecular weight is 322 g/mol. The first-order valence-corrected chi connectivity index (χ1v) is 7.87. The number of likely N-dealkylation sites (N-methyl/N-ethyl adjacent to an activating group) is 1. The lowest BCUT2D eigenvalue weighted by Crippen LogP contribution is -2.20. The summed E-state index contributed by atoms with van der Waals surface area (Å²) in [6.07, 6.45) is 0. The van der Waals surface area contributed by atoms with Crippen LogP contribution in [0.25, 0.3) is 21.8 Å². The van der Waals surface area contributed by atoms with Gasteiger partial charge in [-0.1, -0.05) is 0 Å². The summed E-state index contributed by atoms with van der Waals surface area (Å²) < 4.78 is 0. The molecule has 2 aromatic carbocycles. The molecule has 3 aromatic rings. The topological polar surface area (TPSA) is 77.2 Å². The molecule has 1 aliphatic rings. The van der Waals surface area contributed by atoms with Crippen LogP contribution in [0.2, 0.25) is 0 Å². The molecule has 0 unspecified atom stereocenters. The van der Waals surface area contributed by atoms with E-state index in [1.54, 1.807) is 12.1 Å². The first-order valence-electron chi connectivity index (χ1n) is 7.87. The zero-order valence-electron chi connectivity index (χ0n) is 13.6. The molecule has 1 aliphatic heterocycles. The van der Waals surface area contributed by atoms with Gasteiger partial charge >= 0.3 is 0 Å². The highest BCUT2D eigenvalue weighted by molar-refractivity contribution is 6.24. The lowest BCUT2D eigenvalue weighted by atomic mass is 10.0. The highest BCUT2D eigenvalue weighted by Gasteiger charge is 2.27. The van der Waals surface area contributed by atoms with Gasteiger partial charge in [-0.25, -0.2) is 0 Å². The molecular weight excluding hydrogens is 304 g/mol. The van der Waals surface area contributed by atoms with Crippen LogP contribution in [0.15, 0.2) is 30.3 Å². The van der Waals surface area contributed by atoms with Crippen molar-refractivity contribution in [3.05, 3.63) is 41.5 Å². The first-order chi connectivity index (χ1) is 11.5. The van der Waals surface area contributed by atoms with Gasteiger partial charge in [0.15, 0.2) is 0 Å². The minimum Gasteiger partial charge on any atom is -0.384 e. The van der Waals surface area contributed by atoms with E-state index < -0.39 is 0 Å². The standard InChI is InChI=1S/C18H18N4O2/c1-22(2)6-5-19-10-3-4-15-11(7-10)12-8-13-14(9-16(12)20-15)18(24)21-17(13)23/h3-4,7-9,19-20H,5-6H2,1-2H3,(H,21,23,24). The van der Waals surface area contributed by atoms with Gasteiger partial charge in [0.1, 0.15) is 0 Å². The quantitative estimate of drug-likeness (QED) is 0.644. The first kappa shape index (κ1) is 14.7. The molecule has 0 radical (unpaired) electrons. The molecular formula is C18H18N4O2. The van der Waals surface area contributed by atoms with E-state index in [9.17, 15) is 9.59 Å². The van der Waals surface area contributed by atoms with E-state index in [1.807, 2.05) is 26.2 Å². The Hall–Kier alpha value is -2.86. The van der Waals surface area contributed by atoms with Crippen molar-refractivity contribution in [1.29, 1.82) is 0 Å². The van der Waals surface area contributed by atoms with Gasteiger partial charge < -0.3 is 15.2 Å². The second kappa shape index (κ2) is 5.35. The van der Waals surface area contributed by atoms with E-state index in [2.05, 4.69) is 26.6 Å². The second-order valence-electron chi connectivity index (χ2n) is 6.34. The number of carbonyl (C=O) groups excluding carboxylic acids is 2. The molecule has 0 saturated heterocycles. The Labute approximate surface area is 138 Å². The number of imide groups is 1. The minimum atomic E-state index is -0.332. The van der Waals surface area contributed by atoms with Gasteiger partial charge in [0, 0.05) is 40.6 Å². The van der Waals surface area contributed by atoms with Gasteiger partial charge in [0.2, 0.25) is 0 Å². The van der Waals surface area contributed by atoms with Gasteiger partial charge in [-0.05, 0) is 44.4 Å². The summed E-state index contributed by atoms with van der Waals surface area (Å²) in [5.74, 6) is -0.659. The number of aromatic amines is 1. The molecule has 0 bridgehead atoms. The molecule has 1 aromatic heterocycles. The van der Waals surface area contributed by atoms with E-state index in [1.165, 1.54) is 0 Å². The van der Waals surface area contributed by atoms with Crippen LogP contribution in [0.5, 0.6) is 0 Å². The lowest BCUT2D eigenvalue weighted by Gasteiger charge is -2.11. The van der Waals surface area contributed by atoms with Crippen LogP contribution in [-0.4, -0.2) is 48.9 Å². The Morgan fingerprint density at radius 1 is 0.958 bits per heavy atom. The number of hydrogen-bond acceptors (Lipinski definition) is 4. The van der Waals surface area contributed by atoms with Crippen molar-refractivity contribution < 1.29 is 9.59 Å². The normalized spacial score (nSPS) is 13.8. The summed E-state index contributed by atoms with van der Waals surface area (Å²) in [6.45, 7) is 1.80. The van der Waals surface area contributed by atoms with Crippen LogP contribution < -0.4 is 10.6 Å².